The highest BCUT2D eigenvalue weighted by atomic mass is 16.5. The van der Waals surface area contributed by atoms with Crippen LogP contribution in [0.25, 0.3) is 0 Å². The van der Waals surface area contributed by atoms with Crippen LogP contribution in [0.5, 0.6) is 11.5 Å². The third-order valence-corrected chi connectivity index (χ3v) is 9.98. The number of aliphatic hydroxyl groups excluding tert-OH is 2. The fourth-order valence-corrected chi connectivity index (χ4v) is 6.95. The number of aliphatic imine (C=N–C) groups is 1. The van der Waals surface area contributed by atoms with E-state index in [1.165, 1.54) is 5.56 Å². The molecule has 272 valence electrons. The van der Waals surface area contributed by atoms with Crippen molar-refractivity contribution in [2.75, 3.05) is 13.1 Å². The molecule has 6 N–H and O–H groups in total. The Kier molecular flexibility index (Phi) is 12.6. The fourth-order valence-electron chi connectivity index (χ4n) is 6.95. The monoisotopic (exact) mass is 702 g/mol. The van der Waals surface area contributed by atoms with Gasteiger partial charge in [-0.25, -0.2) is 0 Å². The quantitative estimate of drug-likeness (QED) is 0.0702. The molecule has 3 aromatic carbocycles. The minimum Gasteiger partial charge on any atom is -0.504 e. The minimum atomic E-state index is -1.02. The van der Waals surface area contributed by atoms with Gasteiger partial charge in [0.15, 0.2) is 17.7 Å². The summed E-state index contributed by atoms with van der Waals surface area (Å²) in [5, 5.41) is 35.8. The Bertz CT molecular complexity index is 1870. The molecule has 9 heteroatoms. The number of hydrogen-bond donors (Lipinski definition) is 5. The van der Waals surface area contributed by atoms with Crippen molar-refractivity contribution in [3.05, 3.63) is 118 Å². The summed E-state index contributed by atoms with van der Waals surface area (Å²) in [6, 6.07) is 21.4. The molecule has 2 bridgehead atoms. The van der Waals surface area contributed by atoms with Gasteiger partial charge in [-0.15, -0.1) is 0 Å². The third kappa shape index (κ3) is 9.58. The van der Waals surface area contributed by atoms with Crippen LogP contribution in [0.1, 0.15) is 92.0 Å². The second-order valence-corrected chi connectivity index (χ2v) is 13.9. The minimum absolute atomic E-state index is 0.0111. The molecule has 52 heavy (non-hydrogen) atoms. The summed E-state index contributed by atoms with van der Waals surface area (Å²) in [4.78, 5) is 19.3. The van der Waals surface area contributed by atoms with Crippen LogP contribution in [-0.2, 0) is 24.1 Å². The van der Waals surface area contributed by atoms with Crippen LogP contribution >= 0.6 is 0 Å². The molecule has 4 atom stereocenters. The van der Waals surface area contributed by atoms with E-state index in [2.05, 4.69) is 42.3 Å². The molecule has 0 aromatic heterocycles. The van der Waals surface area contributed by atoms with Gasteiger partial charge in [0.1, 0.15) is 11.9 Å². The standard InChI is InChI=1S/C43H50N4O5/c1-2-3-5-11-34(48)25-35(49)17-14-30-15-19-40(51)41(22-30)52-42-13-8-12-39(50)36-18-16-31(43(44)45-21-20-29-9-6-4-7-10-29)23-32(36)24-33-26-46-38-28-47(42)27-37(33)38/h4,6-7,9-10,15-16,18-19,22-23,26,28,34,39,42-43,45,48,50-51H,2-3,5,11,13-14,17,20-21,24-25,27,44H2,1H3. The van der Waals surface area contributed by atoms with E-state index < -0.39 is 18.4 Å². The topological polar surface area (TPSA) is 141 Å². The number of ketones is 1. The summed E-state index contributed by atoms with van der Waals surface area (Å²) < 4.78 is 6.43. The van der Waals surface area contributed by atoms with Gasteiger partial charge in [-0.1, -0.05) is 92.6 Å². The number of aryl methyl sites for hydroxylation is 1. The van der Waals surface area contributed by atoms with Gasteiger partial charge in [0, 0.05) is 43.9 Å². The van der Waals surface area contributed by atoms with Crippen LogP contribution in [0.15, 0.2) is 94.8 Å². The van der Waals surface area contributed by atoms with Gasteiger partial charge in [0.25, 0.3) is 0 Å². The van der Waals surface area contributed by atoms with E-state index in [1.807, 2.05) is 47.6 Å². The lowest BCUT2D eigenvalue weighted by atomic mass is 9.92. The number of ether oxygens (including phenoxy) is 1. The number of aliphatic hydroxyl groups is 2. The smallest absolute Gasteiger partial charge is 0.183 e. The van der Waals surface area contributed by atoms with Crippen LogP contribution < -0.4 is 15.8 Å². The number of carbonyl (C=O) groups is 1. The number of nitrogens with zero attached hydrogens (tertiary/aromatic N) is 2. The van der Waals surface area contributed by atoms with Crippen LogP contribution in [-0.4, -0.2) is 57.6 Å². The van der Waals surface area contributed by atoms with Gasteiger partial charge in [-0.2, -0.15) is 0 Å². The van der Waals surface area contributed by atoms with Gasteiger partial charge in [-0.05, 0) is 71.2 Å². The van der Waals surface area contributed by atoms with Gasteiger partial charge >= 0.3 is 0 Å². The van der Waals surface area contributed by atoms with Crippen molar-refractivity contribution in [1.29, 1.82) is 0 Å². The zero-order chi connectivity index (χ0) is 36.5. The molecule has 0 amide bonds. The molecule has 0 spiro atoms. The second-order valence-electron chi connectivity index (χ2n) is 13.9. The molecule has 0 aliphatic carbocycles. The van der Waals surface area contributed by atoms with E-state index in [9.17, 15) is 20.1 Å². The van der Waals surface area contributed by atoms with E-state index >= 15 is 0 Å². The molecule has 0 saturated carbocycles. The van der Waals surface area contributed by atoms with Crippen LogP contribution in [0.2, 0.25) is 0 Å². The van der Waals surface area contributed by atoms with Crippen molar-refractivity contribution < 1.29 is 24.9 Å². The zero-order valence-corrected chi connectivity index (χ0v) is 29.9. The van der Waals surface area contributed by atoms with Crippen molar-refractivity contribution in [1.82, 2.24) is 10.2 Å². The maximum atomic E-state index is 12.6. The maximum Gasteiger partial charge on any atom is 0.183 e. The molecular weight excluding hydrogens is 652 g/mol. The fraction of sp³-hybridized carbons (Fsp3) is 0.395. The molecule has 0 fully saturated rings. The number of rotatable bonds is 16. The third-order valence-electron chi connectivity index (χ3n) is 9.98. The van der Waals surface area contributed by atoms with Gasteiger partial charge < -0.3 is 30.7 Å². The van der Waals surface area contributed by atoms with Crippen molar-refractivity contribution in [3.63, 3.8) is 0 Å². The lowest BCUT2D eigenvalue weighted by Gasteiger charge is -2.28. The molecule has 3 heterocycles. The summed E-state index contributed by atoms with van der Waals surface area (Å²) in [5.74, 6) is 6.47. The Morgan fingerprint density at radius 2 is 1.94 bits per heavy atom. The van der Waals surface area contributed by atoms with E-state index in [-0.39, 0.29) is 30.5 Å². The normalized spacial score (nSPS) is 18.8. The second kappa shape index (κ2) is 17.7. The molecular formula is C43H50N4O5. The molecule has 3 aliphatic heterocycles. The number of carbonyl (C=O) groups excluding carboxylic acids is 1. The van der Waals surface area contributed by atoms with Crippen molar-refractivity contribution >= 4 is 12.0 Å². The number of nitrogens with two attached hydrogens (primary N) is 1. The maximum absolute atomic E-state index is 12.6. The molecule has 3 aromatic rings. The van der Waals surface area contributed by atoms with Crippen molar-refractivity contribution in [3.8, 4) is 23.3 Å². The number of Topliss-reactive ketones (excluding diaryl/α,β-unsaturated/α-hetero) is 1. The molecule has 0 saturated heterocycles. The first-order valence-corrected chi connectivity index (χ1v) is 18.5. The zero-order valence-electron chi connectivity index (χ0n) is 29.9. The van der Waals surface area contributed by atoms with E-state index in [4.69, 9.17) is 15.5 Å². The Morgan fingerprint density at radius 3 is 2.77 bits per heavy atom. The van der Waals surface area contributed by atoms with Crippen molar-refractivity contribution in [2.45, 2.75) is 95.7 Å². The Balaban J connectivity index is 1.15. The first-order chi connectivity index (χ1) is 25.3. The van der Waals surface area contributed by atoms with Gasteiger partial charge in [-0.3, -0.25) is 15.1 Å². The molecule has 3 aliphatic rings. The first kappa shape index (κ1) is 37.1. The van der Waals surface area contributed by atoms with Crippen LogP contribution in [0.4, 0.5) is 0 Å². The first-order valence-electron chi connectivity index (χ1n) is 18.5. The Hall–Kier alpha value is -4.72. The SMILES string of the molecule is CCCCCC(O)CC(=O)CCc1ccc(O)c(OC2CC#CC(O)c3ccc(C(N)NCCc4ccccc4)cc3CC3=C4CN2C=C4N=C3)c1. The van der Waals surface area contributed by atoms with E-state index in [0.717, 1.165) is 71.3 Å². The number of fused-ring (bicyclic) bond motifs is 2. The van der Waals surface area contributed by atoms with Gasteiger partial charge in [0.2, 0.25) is 0 Å². The number of benzene rings is 3. The number of hydrogen-bond acceptors (Lipinski definition) is 9. The van der Waals surface area contributed by atoms with Crippen LogP contribution in [0.3, 0.4) is 0 Å². The van der Waals surface area contributed by atoms with Crippen molar-refractivity contribution in [2.24, 2.45) is 10.7 Å². The molecule has 0 radical (unpaired) electrons. The predicted octanol–water partition coefficient (Wildman–Crippen LogP) is 5.94. The average Bonchev–Trinajstić information content (AvgIpc) is 3.73. The number of nitrogens with one attached hydrogen (secondary N) is 1. The summed E-state index contributed by atoms with van der Waals surface area (Å²) in [6.45, 7) is 3.41. The lowest BCUT2D eigenvalue weighted by molar-refractivity contribution is -0.121. The molecule has 6 rings (SSSR count). The van der Waals surface area contributed by atoms with E-state index in [1.54, 1.807) is 18.2 Å². The number of allylic oxidation sites excluding steroid dienone is 1. The number of phenolic OH excluding ortho intramolecular Hbond substituents is 1. The number of aromatic hydroxyl groups is 1. The Labute approximate surface area is 306 Å². The highest BCUT2D eigenvalue weighted by Crippen LogP contribution is 2.36. The molecule has 9 nitrogen and oxygen atoms in total. The summed E-state index contributed by atoms with van der Waals surface area (Å²) in [7, 11) is 0. The summed E-state index contributed by atoms with van der Waals surface area (Å²) >= 11 is 0. The van der Waals surface area contributed by atoms with E-state index in [0.29, 0.717) is 38.0 Å². The summed E-state index contributed by atoms with van der Waals surface area (Å²) in [5.41, 5.74) is 14.3. The highest BCUT2D eigenvalue weighted by Gasteiger charge is 2.31. The highest BCUT2D eigenvalue weighted by molar-refractivity contribution is 5.87. The van der Waals surface area contributed by atoms with Gasteiger partial charge in [0.05, 0.1) is 24.4 Å². The van der Waals surface area contributed by atoms with Crippen LogP contribution in [0, 0.1) is 11.8 Å². The summed E-state index contributed by atoms with van der Waals surface area (Å²) in [6.07, 6.45) is 7.62. The molecule has 4 unspecified atom stereocenters. The Morgan fingerprint density at radius 1 is 1.10 bits per heavy atom. The number of phenols is 1. The average molecular weight is 703 g/mol. The predicted molar refractivity (Wildman–Crippen MR) is 203 cm³/mol. The number of unbranched alkanes of at least 4 members (excludes halogenated alkanes) is 2. The lowest BCUT2D eigenvalue weighted by Crippen LogP contribution is -2.35. The largest absolute Gasteiger partial charge is 0.504 e.